The standard InChI is InChI=1S/C7H15NO/c1-8-6-4-2-3-5-7(8)9/h7,9H,2-6H2,1H3. The minimum atomic E-state index is -0.174. The van der Waals surface area contributed by atoms with Crippen LogP contribution in [0.2, 0.25) is 0 Å². The van der Waals surface area contributed by atoms with E-state index < -0.39 is 0 Å². The molecular weight excluding hydrogens is 114 g/mol. The summed E-state index contributed by atoms with van der Waals surface area (Å²) in [4.78, 5) is 2.02. The molecule has 0 radical (unpaired) electrons. The molecule has 2 nitrogen and oxygen atoms in total. The SMILES string of the molecule is CN1CCCCCC1O. The predicted octanol–water partition coefficient (Wildman–Crippen LogP) is 0.811. The van der Waals surface area contributed by atoms with Gasteiger partial charge in [-0.25, -0.2) is 0 Å². The van der Waals surface area contributed by atoms with Gasteiger partial charge in [-0.3, -0.25) is 4.90 Å². The highest BCUT2D eigenvalue weighted by Crippen LogP contribution is 2.12. The summed E-state index contributed by atoms with van der Waals surface area (Å²) in [5.74, 6) is 0. The van der Waals surface area contributed by atoms with E-state index in [9.17, 15) is 5.11 Å². The van der Waals surface area contributed by atoms with Gasteiger partial charge in [0, 0.05) is 6.54 Å². The molecule has 0 aliphatic carbocycles. The molecule has 0 aromatic heterocycles. The average molecular weight is 129 g/mol. The van der Waals surface area contributed by atoms with E-state index in [-0.39, 0.29) is 6.23 Å². The Hall–Kier alpha value is -0.0800. The van der Waals surface area contributed by atoms with E-state index in [1.54, 1.807) is 0 Å². The predicted molar refractivity (Wildman–Crippen MR) is 37.1 cm³/mol. The minimum absolute atomic E-state index is 0.174. The van der Waals surface area contributed by atoms with Crippen molar-refractivity contribution in [2.45, 2.75) is 31.9 Å². The first-order chi connectivity index (χ1) is 4.30. The molecule has 0 aromatic rings. The number of hydrogen-bond acceptors (Lipinski definition) is 2. The molecule has 1 aliphatic rings. The lowest BCUT2D eigenvalue weighted by molar-refractivity contribution is 0.0232. The summed E-state index contributed by atoms with van der Waals surface area (Å²) in [5, 5.41) is 9.28. The molecular formula is C7H15NO. The van der Waals surface area contributed by atoms with Crippen LogP contribution in [0.1, 0.15) is 25.7 Å². The van der Waals surface area contributed by atoms with Crippen molar-refractivity contribution in [1.29, 1.82) is 0 Å². The van der Waals surface area contributed by atoms with Crippen molar-refractivity contribution >= 4 is 0 Å². The number of aliphatic hydroxyl groups is 1. The Bertz CT molecular complexity index is 75.0. The van der Waals surface area contributed by atoms with Gasteiger partial charge in [-0.05, 0) is 26.3 Å². The third kappa shape index (κ3) is 1.95. The highest BCUT2D eigenvalue weighted by molar-refractivity contribution is 4.62. The van der Waals surface area contributed by atoms with Gasteiger partial charge in [0.05, 0.1) is 0 Å². The highest BCUT2D eigenvalue weighted by Gasteiger charge is 2.12. The van der Waals surface area contributed by atoms with Gasteiger partial charge < -0.3 is 5.11 Å². The zero-order valence-corrected chi connectivity index (χ0v) is 6.01. The van der Waals surface area contributed by atoms with Gasteiger partial charge in [0.15, 0.2) is 0 Å². The summed E-state index contributed by atoms with van der Waals surface area (Å²) in [6, 6.07) is 0. The Kier molecular flexibility index (Phi) is 2.49. The Morgan fingerprint density at radius 1 is 1.33 bits per heavy atom. The van der Waals surface area contributed by atoms with E-state index in [0.717, 1.165) is 13.0 Å². The van der Waals surface area contributed by atoms with Crippen molar-refractivity contribution in [2.24, 2.45) is 0 Å². The topological polar surface area (TPSA) is 23.5 Å². The van der Waals surface area contributed by atoms with Gasteiger partial charge in [-0.1, -0.05) is 6.42 Å². The van der Waals surface area contributed by atoms with Crippen LogP contribution in [0.15, 0.2) is 0 Å². The number of aliphatic hydroxyl groups excluding tert-OH is 1. The van der Waals surface area contributed by atoms with E-state index in [1.165, 1.54) is 19.3 Å². The smallest absolute Gasteiger partial charge is 0.107 e. The maximum absolute atomic E-state index is 9.28. The second-order valence-electron chi connectivity index (χ2n) is 2.81. The summed E-state index contributed by atoms with van der Waals surface area (Å²) < 4.78 is 0. The van der Waals surface area contributed by atoms with Gasteiger partial charge in [-0.15, -0.1) is 0 Å². The first-order valence-corrected chi connectivity index (χ1v) is 3.69. The molecule has 1 fully saturated rings. The fourth-order valence-corrected chi connectivity index (χ4v) is 1.23. The third-order valence-corrected chi connectivity index (χ3v) is 1.98. The molecule has 0 saturated carbocycles. The van der Waals surface area contributed by atoms with E-state index in [0.29, 0.717) is 0 Å². The quantitative estimate of drug-likeness (QED) is 0.523. The van der Waals surface area contributed by atoms with Crippen LogP contribution in [0.5, 0.6) is 0 Å². The van der Waals surface area contributed by atoms with Gasteiger partial charge in [0.1, 0.15) is 6.23 Å². The monoisotopic (exact) mass is 129 g/mol. The van der Waals surface area contributed by atoms with Crippen LogP contribution in [-0.4, -0.2) is 29.8 Å². The normalized spacial score (nSPS) is 32.0. The van der Waals surface area contributed by atoms with Crippen LogP contribution in [0.4, 0.5) is 0 Å². The van der Waals surface area contributed by atoms with Crippen molar-refractivity contribution < 1.29 is 5.11 Å². The van der Waals surface area contributed by atoms with Gasteiger partial charge >= 0.3 is 0 Å². The molecule has 0 aromatic carbocycles. The number of likely N-dealkylation sites (tertiary alicyclic amines) is 1. The maximum atomic E-state index is 9.28. The van der Waals surface area contributed by atoms with Crippen LogP contribution in [0, 0.1) is 0 Å². The van der Waals surface area contributed by atoms with Crippen molar-refractivity contribution in [3.63, 3.8) is 0 Å². The lowest BCUT2D eigenvalue weighted by atomic mass is 10.2. The molecule has 1 unspecified atom stereocenters. The van der Waals surface area contributed by atoms with Crippen LogP contribution < -0.4 is 0 Å². The summed E-state index contributed by atoms with van der Waals surface area (Å²) >= 11 is 0. The van der Waals surface area contributed by atoms with Crippen LogP contribution in [0.3, 0.4) is 0 Å². The molecule has 1 saturated heterocycles. The highest BCUT2D eigenvalue weighted by atomic mass is 16.3. The first-order valence-electron chi connectivity index (χ1n) is 3.69. The molecule has 2 heteroatoms. The van der Waals surface area contributed by atoms with Crippen LogP contribution >= 0.6 is 0 Å². The van der Waals surface area contributed by atoms with Crippen molar-refractivity contribution in [1.82, 2.24) is 4.90 Å². The molecule has 0 spiro atoms. The molecule has 1 rings (SSSR count). The molecule has 1 heterocycles. The molecule has 1 aliphatic heterocycles. The van der Waals surface area contributed by atoms with Gasteiger partial charge in [0.25, 0.3) is 0 Å². The Labute approximate surface area is 56.5 Å². The third-order valence-electron chi connectivity index (χ3n) is 1.98. The Morgan fingerprint density at radius 2 is 2.11 bits per heavy atom. The average Bonchev–Trinajstić information content (AvgIpc) is 1.99. The zero-order valence-electron chi connectivity index (χ0n) is 6.01. The second-order valence-corrected chi connectivity index (χ2v) is 2.81. The lowest BCUT2D eigenvalue weighted by Crippen LogP contribution is -2.30. The van der Waals surface area contributed by atoms with Crippen molar-refractivity contribution in [3.8, 4) is 0 Å². The Morgan fingerprint density at radius 3 is 2.89 bits per heavy atom. The summed E-state index contributed by atoms with van der Waals surface area (Å²) in [7, 11) is 1.98. The molecule has 9 heavy (non-hydrogen) atoms. The largest absolute Gasteiger partial charge is 0.378 e. The van der Waals surface area contributed by atoms with Gasteiger partial charge in [0.2, 0.25) is 0 Å². The van der Waals surface area contributed by atoms with E-state index >= 15 is 0 Å². The Balaban J connectivity index is 2.32. The van der Waals surface area contributed by atoms with Gasteiger partial charge in [-0.2, -0.15) is 0 Å². The number of nitrogens with zero attached hydrogens (tertiary/aromatic N) is 1. The van der Waals surface area contributed by atoms with Crippen LogP contribution in [-0.2, 0) is 0 Å². The van der Waals surface area contributed by atoms with Crippen molar-refractivity contribution in [3.05, 3.63) is 0 Å². The first kappa shape index (κ1) is 7.03. The van der Waals surface area contributed by atoms with E-state index in [2.05, 4.69) is 0 Å². The zero-order chi connectivity index (χ0) is 6.69. The lowest BCUT2D eigenvalue weighted by Gasteiger charge is -2.19. The fraction of sp³-hybridized carbons (Fsp3) is 1.00. The maximum Gasteiger partial charge on any atom is 0.107 e. The van der Waals surface area contributed by atoms with Crippen LogP contribution in [0.25, 0.3) is 0 Å². The molecule has 54 valence electrons. The number of rotatable bonds is 0. The second kappa shape index (κ2) is 3.18. The minimum Gasteiger partial charge on any atom is -0.378 e. The summed E-state index contributed by atoms with van der Waals surface area (Å²) in [6.45, 7) is 1.06. The number of hydrogen-bond donors (Lipinski definition) is 1. The fourth-order valence-electron chi connectivity index (χ4n) is 1.23. The molecule has 1 N–H and O–H groups in total. The van der Waals surface area contributed by atoms with E-state index in [1.807, 2.05) is 11.9 Å². The summed E-state index contributed by atoms with van der Waals surface area (Å²) in [5.41, 5.74) is 0. The van der Waals surface area contributed by atoms with Crippen molar-refractivity contribution in [2.75, 3.05) is 13.6 Å². The molecule has 0 bridgehead atoms. The van der Waals surface area contributed by atoms with E-state index in [4.69, 9.17) is 0 Å². The molecule has 0 amide bonds. The summed E-state index contributed by atoms with van der Waals surface area (Å²) in [6.07, 6.45) is 4.49. The molecule has 1 atom stereocenters.